The molecule has 0 unspecified atom stereocenters. The molecule has 28 heavy (non-hydrogen) atoms. The van der Waals surface area contributed by atoms with Crippen LogP contribution in [0, 0.1) is 0 Å². The minimum atomic E-state index is -3.79. The van der Waals surface area contributed by atoms with Crippen LogP contribution in [0.3, 0.4) is 0 Å². The Balaban J connectivity index is 1.75. The number of fused-ring (bicyclic) bond motifs is 1. The van der Waals surface area contributed by atoms with Gasteiger partial charge in [-0.25, -0.2) is 13.4 Å². The van der Waals surface area contributed by atoms with E-state index in [2.05, 4.69) is 19.9 Å². The number of aromatic nitrogens is 3. The Labute approximate surface area is 171 Å². The molecule has 0 aliphatic heterocycles. The van der Waals surface area contributed by atoms with Gasteiger partial charge in [-0.3, -0.25) is 4.72 Å². The van der Waals surface area contributed by atoms with Gasteiger partial charge in [0.15, 0.2) is 5.15 Å². The number of pyridine rings is 1. The Morgan fingerprint density at radius 2 is 1.68 bits per heavy atom. The number of hydrogen-bond donors (Lipinski definition) is 1. The average Bonchev–Trinajstić information content (AvgIpc) is 2.70. The molecule has 2 aromatic carbocycles. The summed E-state index contributed by atoms with van der Waals surface area (Å²) in [7, 11) is -3.79. The molecule has 0 aliphatic rings. The Morgan fingerprint density at radius 3 is 2.46 bits per heavy atom. The zero-order valence-electron chi connectivity index (χ0n) is 14.2. The van der Waals surface area contributed by atoms with Crippen LogP contribution in [0.15, 0.2) is 71.9 Å². The largest absolute Gasteiger partial charge is 0.276 e. The molecule has 2 aromatic heterocycles. The molecule has 0 atom stereocenters. The van der Waals surface area contributed by atoms with E-state index in [4.69, 9.17) is 23.2 Å². The molecule has 0 radical (unpaired) electrons. The van der Waals surface area contributed by atoms with Gasteiger partial charge in [0.05, 0.1) is 27.3 Å². The lowest BCUT2D eigenvalue weighted by Crippen LogP contribution is -2.13. The molecule has 6 nitrogen and oxygen atoms in total. The summed E-state index contributed by atoms with van der Waals surface area (Å²) in [5, 5.41) is 9.10. The van der Waals surface area contributed by atoms with Crippen molar-refractivity contribution in [2.75, 3.05) is 4.72 Å². The van der Waals surface area contributed by atoms with Gasteiger partial charge in [-0.15, -0.1) is 0 Å². The number of sulfonamides is 1. The smallest absolute Gasteiger partial charge is 0.261 e. The van der Waals surface area contributed by atoms with Crippen molar-refractivity contribution in [1.82, 2.24) is 15.2 Å². The molecule has 4 aromatic rings. The van der Waals surface area contributed by atoms with Gasteiger partial charge in [0, 0.05) is 17.1 Å². The lowest BCUT2D eigenvalue weighted by atomic mass is 10.1. The molecule has 0 aliphatic carbocycles. The predicted octanol–water partition coefficient (Wildman–Crippen LogP) is 4.80. The minimum Gasteiger partial charge on any atom is -0.276 e. The lowest BCUT2D eigenvalue weighted by Gasteiger charge is -2.11. The van der Waals surface area contributed by atoms with Crippen molar-refractivity contribution < 1.29 is 8.42 Å². The van der Waals surface area contributed by atoms with Gasteiger partial charge in [-0.05, 0) is 35.9 Å². The number of benzene rings is 2. The Kier molecular flexibility index (Phi) is 4.89. The SMILES string of the molecule is O=S(=O)(Nc1cc(-c2ccc3nncc(Cl)c3c2)cnc1Cl)c1ccccc1. The molecule has 0 fully saturated rings. The van der Waals surface area contributed by atoms with Crippen molar-refractivity contribution in [2.24, 2.45) is 0 Å². The van der Waals surface area contributed by atoms with Crippen LogP contribution < -0.4 is 4.72 Å². The van der Waals surface area contributed by atoms with Crippen LogP contribution in [0.25, 0.3) is 22.0 Å². The van der Waals surface area contributed by atoms with E-state index in [9.17, 15) is 8.42 Å². The molecular formula is C19H12Cl2N4O2S. The average molecular weight is 431 g/mol. The van der Waals surface area contributed by atoms with Crippen LogP contribution in [0.4, 0.5) is 5.69 Å². The zero-order valence-corrected chi connectivity index (χ0v) is 16.5. The highest BCUT2D eigenvalue weighted by molar-refractivity contribution is 7.92. The molecule has 9 heteroatoms. The third-order valence-corrected chi connectivity index (χ3v) is 6.04. The second kappa shape index (κ2) is 7.35. The van der Waals surface area contributed by atoms with Gasteiger partial charge in [-0.2, -0.15) is 10.2 Å². The summed E-state index contributed by atoms with van der Waals surface area (Å²) in [4.78, 5) is 4.25. The molecule has 1 N–H and O–H groups in total. The highest BCUT2D eigenvalue weighted by Gasteiger charge is 2.17. The first-order chi connectivity index (χ1) is 13.4. The summed E-state index contributed by atoms with van der Waals surface area (Å²) >= 11 is 12.3. The van der Waals surface area contributed by atoms with Crippen molar-refractivity contribution in [2.45, 2.75) is 4.90 Å². The van der Waals surface area contributed by atoms with Gasteiger partial charge >= 0.3 is 0 Å². The van der Waals surface area contributed by atoms with Crippen molar-refractivity contribution in [3.63, 3.8) is 0 Å². The van der Waals surface area contributed by atoms with E-state index in [0.29, 0.717) is 16.1 Å². The normalized spacial score (nSPS) is 11.5. The van der Waals surface area contributed by atoms with Gasteiger partial charge in [-0.1, -0.05) is 47.5 Å². The maximum absolute atomic E-state index is 12.6. The minimum absolute atomic E-state index is 0.0490. The number of nitrogens with one attached hydrogen (secondary N) is 1. The maximum Gasteiger partial charge on any atom is 0.261 e. The number of anilines is 1. The van der Waals surface area contributed by atoms with Crippen LogP contribution in [-0.2, 0) is 10.0 Å². The fourth-order valence-electron chi connectivity index (χ4n) is 2.69. The van der Waals surface area contributed by atoms with Gasteiger partial charge in [0.1, 0.15) is 0 Å². The predicted molar refractivity (Wildman–Crippen MR) is 110 cm³/mol. The number of rotatable bonds is 4. The van der Waals surface area contributed by atoms with Crippen molar-refractivity contribution in [1.29, 1.82) is 0 Å². The number of halogens is 2. The third kappa shape index (κ3) is 3.64. The molecular weight excluding hydrogens is 419 g/mol. The van der Waals surface area contributed by atoms with E-state index < -0.39 is 10.0 Å². The van der Waals surface area contributed by atoms with E-state index in [1.165, 1.54) is 18.3 Å². The first kappa shape index (κ1) is 18.6. The van der Waals surface area contributed by atoms with Crippen molar-refractivity contribution in [3.05, 3.63) is 77.2 Å². The number of nitrogens with zero attached hydrogens (tertiary/aromatic N) is 3. The molecule has 0 saturated heterocycles. The van der Waals surface area contributed by atoms with E-state index >= 15 is 0 Å². The van der Waals surface area contributed by atoms with Crippen LogP contribution >= 0.6 is 23.2 Å². The van der Waals surface area contributed by atoms with E-state index in [1.807, 2.05) is 12.1 Å². The summed E-state index contributed by atoms with van der Waals surface area (Å²) in [5.41, 5.74) is 2.29. The first-order valence-corrected chi connectivity index (χ1v) is 10.3. The van der Waals surface area contributed by atoms with E-state index in [0.717, 1.165) is 10.9 Å². The van der Waals surface area contributed by atoms with E-state index in [-0.39, 0.29) is 15.7 Å². The fraction of sp³-hybridized carbons (Fsp3) is 0. The lowest BCUT2D eigenvalue weighted by molar-refractivity contribution is 0.601. The summed E-state index contributed by atoms with van der Waals surface area (Å²) in [6, 6.07) is 15.1. The summed E-state index contributed by atoms with van der Waals surface area (Å²) < 4.78 is 27.7. The van der Waals surface area contributed by atoms with Crippen LogP contribution in [0.5, 0.6) is 0 Å². The second-order valence-corrected chi connectivity index (χ2v) is 8.35. The van der Waals surface area contributed by atoms with Gasteiger partial charge in [0.25, 0.3) is 10.0 Å². The molecule has 0 saturated carbocycles. The quantitative estimate of drug-likeness (QED) is 0.470. The Morgan fingerprint density at radius 1 is 0.893 bits per heavy atom. The zero-order chi connectivity index (χ0) is 19.7. The van der Waals surface area contributed by atoms with Crippen LogP contribution in [-0.4, -0.2) is 23.6 Å². The molecule has 140 valence electrons. The first-order valence-electron chi connectivity index (χ1n) is 8.09. The number of hydrogen-bond acceptors (Lipinski definition) is 5. The molecule has 0 bridgehead atoms. The highest BCUT2D eigenvalue weighted by atomic mass is 35.5. The summed E-state index contributed by atoms with van der Waals surface area (Å²) in [5.74, 6) is 0. The standard InChI is InChI=1S/C19H12Cl2N4O2S/c20-16-11-23-24-17-7-6-12(8-15(16)17)13-9-18(19(21)22-10-13)25-28(26,27)14-4-2-1-3-5-14/h1-11,25H. The molecule has 2 heterocycles. The van der Waals surface area contributed by atoms with E-state index in [1.54, 1.807) is 36.5 Å². The highest BCUT2D eigenvalue weighted by Crippen LogP contribution is 2.31. The molecule has 4 rings (SSSR count). The van der Waals surface area contributed by atoms with Gasteiger partial charge in [0.2, 0.25) is 0 Å². The maximum atomic E-state index is 12.6. The Bertz CT molecular complexity index is 1280. The monoisotopic (exact) mass is 430 g/mol. The second-order valence-electron chi connectivity index (χ2n) is 5.91. The Hall–Kier alpha value is -2.74. The molecule has 0 spiro atoms. The topological polar surface area (TPSA) is 84.8 Å². The third-order valence-electron chi connectivity index (χ3n) is 4.06. The van der Waals surface area contributed by atoms with Gasteiger partial charge < -0.3 is 0 Å². The van der Waals surface area contributed by atoms with Crippen LogP contribution in [0.2, 0.25) is 10.2 Å². The van der Waals surface area contributed by atoms with Crippen LogP contribution in [0.1, 0.15) is 0 Å². The van der Waals surface area contributed by atoms with Crippen molar-refractivity contribution >= 4 is 49.8 Å². The fourth-order valence-corrected chi connectivity index (χ4v) is 4.17. The summed E-state index contributed by atoms with van der Waals surface area (Å²) in [6.07, 6.45) is 3.03. The summed E-state index contributed by atoms with van der Waals surface area (Å²) in [6.45, 7) is 0. The molecule has 0 amide bonds. The van der Waals surface area contributed by atoms with Crippen molar-refractivity contribution in [3.8, 4) is 11.1 Å².